The van der Waals surface area contributed by atoms with Gasteiger partial charge in [-0.05, 0) is 23.6 Å². The van der Waals surface area contributed by atoms with E-state index in [1.807, 2.05) is 0 Å². The van der Waals surface area contributed by atoms with E-state index >= 15 is 0 Å². The van der Waals surface area contributed by atoms with E-state index in [-0.39, 0.29) is 0 Å². The number of hydrogen-bond donors (Lipinski definition) is 1. The summed E-state index contributed by atoms with van der Waals surface area (Å²) in [6, 6.07) is 9.33. The summed E-state index contributed by atoms with van der Waals surface area (Å²) in [7, 11) is 0. The zero-order valence-electron chi connectivity index (χ0n) is 10.6. The van der Waals surface area contributed by atoms with Crippen LogP contribution >= 0.6 is 15.9 Å². The van der Waals surface area contributed by atoms with Crippen LogP contribution in [0, 0.1) is 5.92 Å². The smallest absolute Gasteiger partial charge is 0.0372 e. The molecule has 0 aromatic heterocycles. The fraction of sp³-hybridized carbons (Fsp3) is 0.571. The van der Waals surface area contributed by atoms with E-state index in [2.05, 4.69) is 64.3 Å². The monoisotopic (exact) mass is 296 g/mol. The Morgan fingerprint density at radius 3 is 2.24 bits per heavy atom. The summed E-state index contributed by atoms with van der Waals surface area (Å²) in [5.41, 5.74) is 1.44. The summed E-state index contributed by atoms with van der Waals surface area (Å²) in [4.78, 5) is 2.60. The van der Waals surface area contributed by atoms with Gasteiger partial charge < -0.3 is 5.32 Å². The molecule has 2 nitrogen and oxygen atoms in total. The second-order valence-electron chi connectivity index (χ2n) is 5.03. The van der Waals surface area contributed by atoms with E-state index in [0.29, 0.717) is 12.0 Å². The van der Waals surface area contributed by atoms with Crippen molar-refractivity contribution in [1.82, 2.24) is 10.2 Å². The molecule has 1 N–H and O–H groups in total. The number of nitrogens with one attached hydrogen (secondary N) is 1. The Kier molecular flexibility index (Phi) is 4.60. The van der Waals surface area contributed by atoms with Gasteiger partial charge in [0.1, 0.15) is 0 Å². The number of nitrogens with zero attached hydrogens (tertiary/aromatic N) is 1. The van der Waals surface area contributed by atoms with Gasteiger partial charge in [0.15, 0.2) is 0 Å². The molecule has 0 bridgehead atoms. The van der Waals surface area contributed by atoms with Gasteiger partial charge >= 0.3 is 0 Å². The van der Waals surface area contributed by atoms with E-state index in [9.17, 15) is 0 Å². The van der Waals surface area contributed by atoms with Gasteiger partial charge in [-0.3, -0.25) is 4.90 Å². The maximum atomic E-state index is 3.50. The molecule has 1 atom stereocenters. The van der Waals surface area contributed by atoms with Crippen LogP contribution in [-0.2, 0) is 0 Å². The van der Waals surface area contributed by atoms with Gasteiger partial charge in [-0.15, -0.1) is 0 Å². The fourth-order valence-corrected chi connectivity index (χ4v) is 2.90. The third-order valence-electron chi connectivity index (χ3n) is 3.39. The number of rotatable bonds is 3. The second-order valence-corrected chi connectivity index (χ2v) is 5.94. The maximum absolute atomic E-state index is 3.50. The first-order valence-corrected chi connectivity index (χ1v) is 7.18. The Labute approximate surface area is 113 Å². The molecular formula is C14H21BrN2. The molecule has 1 aliphatic rings. The van der Waals surface area contributed by atoms with Crippen LogP contribution in [0.4, 0.5) is 0 Å². The predicted octanol–water partition coefficient (Wildman–Crippen LogP) is 3.05. The van der Waals surface area contributed by atoms with Crippen molar-refractivity contribution in [3.63, 3.8) is 0 Å². The van der Waals surface area contributed by atoms with Crippen molar-refractivity contribution in [2.24, 2.45) is 5.92 Å². The van der Waals surface area contributed by atoms with Crippen LogP contribution in [0.15, 0.2) is 28.7 Å². The second kappa shape index (κ2) is 5.98. The van der Waals surface area contributed by atoms with Gasteiger partial charge in [-0.25, -0.2) is 0 Å². The highest BCUT2D eigenvalue weighted by molar-refractivity contribution is 9.10. The molecule has 1 fully saturated rings. The molecule has 2 rings (SSSR count). The van der Waals surface area contributed by atoms with Crippen LogP contribution in [0.1, 0.15) is 25.5 Å². The number of hydrogen-bond acceptors (Lipinski definition) is 2. The highest BCUT2D eigenvalue weighted by atomic mass is 79.9. The van der Waals surface area contributed by atoms with Crippen molar-refractivity contribution in [3.05, 3.63) is 34.3 Å². The first kappa shape index (κ1) is 13.1. The first-order valence-electron chi connectivity index (χ1n) is 6.38. The van der Waals surface area contributed by atoms with Gasteiger partial charge in [-0.1, -0.05) is 41.9 Å². The first-order chi connectivity index (χ1) is 8.18. The van der Waals surface area contributed by atoms with E-state index < -0.39 is 0 Å². The molecule has 0 amide bonds. The summed E-state index contributed by atoms with van der Waals surface area (Å²) in [6.07, 6.45) is 0. The van der Waals surface area contributed by atoms with Crippen LogP contribution in [-0.4, -0.2) is 31.1 Å². The molecule has 1 heterocycles. The van der Waals surface area contributed by atoms with Crippen molar-refractivity contribution < 1.29 is 0 Å². The van der Waals surface area contributed by atoms with Gasteiger partial charge in [0.05, 0.1) is 0 Å². The lowest BCUT2D eigenvalue weighted by Crippen LogP contribution is -2.46. The normalized spacial score (nSPS) is 19.5. The molecular weight excluding hydrogens is 276 g/mol. The summed E-state index contributed by atoms with van der Waals surface area (Å²) in [5.74, 6) is 0.647. The summed E-state index contributed by atoms with van der Waals surface area (Å²) >= 11 is 3.50. The highest BCUT2D eigenvalue weighted by Gasteiger charge is 2.24. The van der Waals surface area contributed by atoms with Crippen molar-refractivity contribution >= 4 is 15.9 Å². The van der Waals surface area contributed by atoms with Gasteiger partial charge in [0.2, 0.25) is 0 Å². The van der Waals surface area contributed by atoms with Crippen LogP contribution in [0.25, 0.3) is 0 Å². The standard InChI is InChI=1S/C14H21BrN2/c1-11(2)14(17-9-7-16-8-10-17)12-3-5-13(15)6-4-12/h3-6,11,14,16H,7-10H2,1-2H3. The minimum Gasteiger partial charge on any atom is -0.314 e. The van der Waals surface area contributed by atoms with E-state index in [1.54, 1.807) is 0 Å². The molecule has 1 aromatic carbocycles. The van der Waals surface area contributed by atoms with E-state index in [1.165, 1.54) is 5.56 Å². The average molecular weight is 297 g/mol. The lowest BCUT2D eigenvalue weighted by Gasteiger charge is -2.37. The van der Waals surface area contributed by atoms with Crippen LogP contribution in [0.5, 0.6) is 0 Å². The highest BCUT2D eigenvalue weighted by Crippen LogP contribution is 2.29. The topological polar surface area (TPSA) is 15.3 Å². The van der Waals surface area contributed by atoms with Crippen LogP contribution in [0.3, 0.4) is 0 Å². The molecule has 0 radical (unpaired) electrons. The van der Waals surface area contributed by atoms with Gasteiger partial charge in [0, 0.05) is 36.7 Å². The Morgan fingerprint density at radius 1 is 1.12 bits per heavy atom. The van der Waals surface area contributed by atoms with Gasteiger partial charge in [0.25, 0.3) is 0 Å². The average Bonchev–Trinajstić information content (AvgIpc) is 2.33. The summed E-state index contributed by atoms with van der Waals surface area (Å²) in [6.45, 7) is 9.15. The van der Waals surface area contributed by atoms with E-state index in [0.717, 1.165) is 30.7 Å². The van der Waals surface area contributed by atoms with Crippen molar-refractivity contribution in [1.29, 1.82) is 0 Å². The Hall–Kier alpha value is -0.380. The van der Waals surface area contributed by atoms with Crippen molar-refractivity contribution in [3.8, 4) is 0 Å². The van der Waals surface area contributed by atoms with Crippen LogP contribution < -0.4 is 5.32 Å². The minimum atomic E-state index is 0.546. The molecule has 0 aliphatic carbocycles. The quantitative estimate of drug-likeness (QED) is 0.922. The Morgan fingerprint density at radius 2 is 1.71 bits per heavy atom. The van der Waals surface area contributed by atoms with Crippen molar-refractivity contribution in [2.45, 2.75) is 19.9 Å². The molecule has 1 unspecified atom stereocenters. The largest absolute Gasteiger partial charge is 0.314 e. The summed E-state index contributed by atoms with van der Waals surface area (Å²) in [5, 5.41) is 3.42. The molecule has 1 aliphatic heterocycles. The number of piperazine rings is 1. The zero-order valence-corrected chi connectivity index (χ0v) is 12.2. The zero-order chi connectivity index (χ0) is 12.3. The van der Waals surface area contributed by atoms with Crippen LogP contribution in [0.2, 0.25) is 0 Å². The minimum absolute atomic E-state index is 0.546. The molecule has 0 saturated carbocycles. The summed E-state index contributed by atoms with van der Waals surface area (Å²) < 4.78 is 1.16. The SMILES string of the molecule is CC(C)C(c1ccc(Br)cc1)N1CCNCC1. The Balaban J connectivity index is 2.18. The fourth-order valence-electron chi connectivity index (χ4n) is 2.64. The predicted molar refractivity (Wildman–Crippen MR) is 76.2 cm³/mol. The number of benzene rings is 1. The lowest BCUT2D eigenvalue weighted by molar-refractivity contribution is 0.137. The van der Waals surface area contributed by atoms with Crippen molar-refractivity contribution in [2.75, 3.05) is 26.2 Å². The van der Waals surface area contributed by atoms with Gasteiger partial charge in [-0.2, -0.15) is 0 Å². The van der Waals surface area contributed by atoms with E-state index in [4.69, 9.17) is 0 Å². The molecule has 17 heavy (non-hydrogen) atoms. The Bertz CT molecular complexity index is 342. The number of halogens is 1. The molecule has 3 heteroatoms. The molecule has 1 saturated heterocycles. The lowest BCUT2D eigenvalue weighted by atomic mass is 9.94. The third-order valence-corrected chi connectivity index (χ3v) is 3.92. The maximum Gasteiger partial charge on any atom is 0.0372 e. The third kappa shape index (κ3) is 3.30. The molecule has 94 valence electrons. The molecule has 1 aromatic rings. The molecule has 0 spiro atoms.